The topological polar surface area (TPSA) is 29.1 Å². The summed E-state index contributed by atoms with van der Waals surface area (Å²) in [6, 6.07) is 1.85. The molecular weight excluding hydrogens is 282 g/mol. The molecule has 108 valence electrons. The maximum atomic E-state index is 13.0. The lowest BCUT2D eigenvalue weighted by Crippen LogP contribution is -2.41. The van der Waals surface area contributed by atoms with Crippen molar-refractivity contribution in [3.8, 4) is 0 Å². The van der Waals surface area contributed by atoms with E-state index in [9.17, 15) is 21.8 Å². The van der Waals surface area contributed by atoms with E-state index in [0.29, 0.717) is 0 Å². The Balaban J connectivity index is 3.04. The lowest BCUT2D eigenvalue weighted by atomic mass is 10.1. The minimum absolute atomic E-state index is 0.175. The Bertz CT molecular complexity index is 450. The molecule has 0 amide bonds. The van der Waals surface area contributed by atoms with Crippen LogP contribution in [0.25, 0.3) is 0 Å². The summed E-state index contributed by atoms with van der Waals surface area (Å²) in [7, 11) is -1.88. The summed E-state index contributed by atoms with van der Waals surface area (Å²) in [4.78, 5) is 0. The Morgan fingerprint density at radius 3 is 1.95 bits per heavy atom. The molecule has 1 rings (SSSR count). The van der Waals surface area contributed by atoms with Gasteiger partial charge in [-0.3, -0.25) is 0 Å². The van der Waals surface area contributed by atoms with Crippen LogP contribution in [0.5, 0.6) is 0 Å². The summed E-state index contributed by atoms with van der Waals surface area (Å²) in [5.41, 5.74) is -0.175. The molecule has 0 heterocycles. The monoisotopic (exact) mass is 297 g/mol. The zero-order valence-electron chi connectivity index (χ0n) is 10.7. The summed E-state index contributed by atoms with van der Waals surface area (Å²) < 4.78 is 64.6. The number of rotatable bonds is 3. The molecule has 19 heavy (non-hydrogen) atoms. The molecule has 0 aromatic heterocycles. The van der Waals surface area contributed by atoms with E-state index in [1.807, 2.05) is 0 Å². The molecule has 2 atom stereocenters. The molecule has 0 aliphatic rings. The van der Waals surface area contributed by atoms with E-state index in [0.717, 1.165) is 24.3 Å². The first kappa shape index (κ1) is 16.1. The molecule has 0 bridgehead atoms. The van der Waals surface area contributed by atoms with Crippen molar-refractivity contribution in [1.82, 2.24) is 4.72 Å². The van der Waals surface area contributed by atoms with Gasteiger partial charge < -0.3 is 0 Å². The average Bonchev–Trinajstić information content (AvgIpc) is 2.24. The summed E-state index contributed by atoms with van der Waals surface area (Å²) in [6.07, 6.45) is -4.61. The van der Waals surface area contributed by atoms with Crippen molar-refractivity contribution in [3.63, 3.8) is 0 Å². The fourth-order valence-corrected chi connectivity index (χ4v) is 2.10. The molecule has 0 radical (unpaired) electrons. The van der Waals surface area contributed by atoms with Gasteiger partial charge in [-0.25, -0.2) is 13.3 Å². The molecule has 0 aliphatic carbocycles. The number of halogens is 4. The largest absolute Gasteiger partial charge is 0.408 e. The number of benzene rings is 1. The number of hydrogen-bond acceptors (Lipinski definition) is 1. The van der Waals surface area contributed by atoms with Crippen molar-refractivity contribution in [2.24, 2.45) is 0 Å². The molecule has 7 heteroatoms. The van der Waals surface area contributed by atoms with Crippen molar-refractivity contribution < 1.29 is 21.8 Å². The smallest absolute Gasteiger partial charge is 0.242 e. The van der Waals surface area contributed by atoms with Crippen LogP contribution in [-0.4, -0.2) is 15.1 Å². The Morgan fingerprint density at radius 2 is 1.58 bits per heavy atom. The van der Waals surface area contributed by atoms with Crippen LogP contribution in [0.4, 0.5) is 17.6 Å². The predicted octanol–water partition coefficient (Wildman–Crippen LogP) is 3.48. The molecule has 0 aliphatic heterocycles. The summed E-state index contributed by atoms with van der Waals surface area (Å²) in [5.74, 6) is -0.624. The molecule has 2 nitrogen and oxygen atoms in total. The van der Waals surface area contributed by atoms with Gasteiger partial charge in [0.25, 0.3) is 0 Å². The highest BCUT2D eigenvalue weighted by atomic mass is 32.2. The average molecular weight is 297 g/mol. The second-order valence-electron chi connectivity index (χ2n) is 5.03. The van der Waals surface area contributed by atoms with Crippen LogP contribution in [0.3, 0.4) is 0 Å². The molecule has 0 saturated carbocycles. The lowest BCUT2D eigenvalue weighted by Gasteiger charge is -2.26. The quantitative estimate of drug-likeness (QED) is 0.850. The van der Waals surface area contributed by atoms with Gasteiger partial charge in [0.2, 0.25) is 0 Å². The molecule has 0 fully saturated rings. The van der Waals surface area contributed by atoms with Crippen LogP contribution < -0.4 is 4.72 Å². The van der Waals surface area contributed by atoms with Crippen LogP contribution in [0.1, 0.15) is 32.4 Å². The van der Waals surface area contributed by atoms with E-state index in [2.05, 4.69) is 4.72 Å². The first-order chi connectivity index (χ1) is 8.51. The van der Waals surface area contributed by atoms with Crippen LogP contribution in [0.2, 0.25) is 0 Å². The zero-order chi connectivity index (χ0) is 14.8. The van der Waals surface area contributed by atoms with E-state index in [1.165, 1.54) is 0 Å². The maximum Gasteiger partial charge on any atom is 0.408 e. The van der Waals surface area contributed by atoms with Crippen LogP contribution in [-0.2, 0) is 11.0 Å². The van der Waals surface area contributed by atoms with Gasteiger partial charge in [0.05, 0.1) is 15.7 Å². The maximum absolute atomic E-state index is 13.0. The highest BCUT2D eigenvalue weighted by molar-refractivity contribution is 7.84. The van der Waals surface area contributed by atoms with Crippen molar-refractivity contribution in [2.45, 2.75) is 37.7 Å². The molecule has 0 spiro atoms. The van der Waals surface area contributed by atoms with Gasteiger partial charge in [-0.1, -0.05) is 12.1 Å². The Morgan fingerprint density at radius 1 is 1.11 bits per heavy atom. The standard InChI is InChI=1S/C12H15F4NOS/c1-11(2,3)19(18)17-10(12(14,15)16)8-4-6-9(13)7-5-8/h4-7,10,17H,1-3H3/t10-,19-/m0/s1. The van der Waals surface area contributed by atoms with Crippen molar-refractivity contribution in [1.29, 1.82) is 0 Å². The Kier molecular flexibility index (Phi) is 4.73. The third kappa shape index (κ3) is 4.58. The summed E-state index contributed by atoms with van der Waals surface area (Å²) in [6.45, 7) is 4.69. The second kappa shape index (κ2) is 5.58. The van der Waals surface area contributed by atoms with E-state index in [1.54, 1.807) is 20.8 Å². The molecule has 0 unspecified atom stereocenters. The van der Waals surface area contributed by atoms with Gasteiger partial charge in [0, 0.05) is 0 Å². The van der Waals surface area contributed by atoms with E-state index in [-0.39, 0.29) is 5.56 Å². The minimum Gasteiger partial charge on any atom is -0.242 e. The lowest BCUT2D eigenvalue weighted by molar-refractivity contribution is -0.152. The van der Waals surface area contributed by atoms with Crippen molar-refractivity contribution in [3.05, 3.63) is 35.6 Å². The SMILES string of the molecule is CC(C)(C)[S@](=O)N[C@@H](c1ccc(F)cc1)C(F)(F)F. The van der Waals surface area contributed by atoms with Crippen LogP contribution >= 0.6 is 0 Å². The van der Waals surface area contributed by atoms with Gasteiger partial charge in [-0.05, 0) is 38.5 Å². The summed E-state index contributed by atoms with van der Waals surface area (Å²) in [5, 5.41) is 0. The van der Waals surface area contributed by atoms with Crippen LogP contribution in [0.15, 0.2) is 24.3 Å². The van der Waals surface area contributed by atoms with E-state index >= 15 is 0 Å². The van der Waals surface area contributed by atoms with Gasteiger partial charge >= 0.3 is 6.18 Å². The fraction of sp³-hybridized carbons (Fsp3) is 0.500. The molecule has 1 aromatic carbocycles. The van der Waals surface area contributed by atoms with E-state index in [4.69, 9.17) is 0 Å². The van der Waals surface area contributed by atoms with E-state index < -0.39 is 33.8 Å². The Labute approximate surface area is 111 Å². The molecule has 1 N–H and O–H groups in total. The Hall–Kier alpha value is -0.950. The molecule has 0 saturated heterocycles. The van der Waals surface area contributed by atoms with Crippen molar-refractivity contribution in [2.75, 3.05) is 0 Å². The first-order valence-corrected chi connectivity index (χ1v) is 6.67. The third-order valence-electron chi connectivity index (χ3n) is 2.31. The molecular formula is C12H15F4NOS. The zero-order valence-corrected chi connectivity index (χ0v) is 11.5. The predicted molar refractivity (Wildman–Crippen MR) is 66.2 cm³/mol. The van der Waals surface area contributed by atoms with Crippen LogP contribution in [0, 0.1) is 5.82 Å². The van der Waals surface area contributed by atoms with Gasteiger partial charge in [-0.15, -0.1) is 0 Å². The highest BCUT2D eigenvalue weighted by Gasteiger charge is 2.42. The first-order valence-electron chi connectivity index (χ1n) is 5.52. The second-order valence-corrected chi connectivity index (χ2v) is 7.02. The third-order valence-corrected chi connectivity index (χ3v) is 3.87. The van der Waals surface area contributed by atoms with Gasteiger partial charge in [-0.2, -0.15) is 13.2 Å². The van der Waals surface area contributed by atoms with Gasteiger partial charge in [0.1, 0.15) is 11.9 Å². The summed E-state index contributed by atoms with van der Waals surface area (Å²) >= 11 is 0. The highest BCUT2D eigenvalue weighted by Crippen LogP contribution is 2.33. The van der Waals surface area contributed by atoms with Gasteiger partial charge in [0.15, 0.2) is 0 Å². The number of alkyl halides is 3. The minimum atomic E-state index is -4.61. The van der Waals surface area contributed by atoms with Crippen molar-refractivity contribution >= 4 is 11.0 Å². The fourth-order valence-electron chi connectivity index (χ4n) is 1.26. The number of hydrogen-bond donors (Lipinski definition) is 1. The molecule has 1 aromatic rings. The normalized spacial score (nSPS) is 16.2. The number of nitrogens with one attached hydrogen (secondary N) is 1.